The Balaban J connectivity index is 0.000000164. The smallest absolute Gasteiger partial charge is 0.253 e. The Labute approximate surface area is 320 Å². The van der Waals surface area contributed by atoms with E-state index in [1.165, 1.54) is 30.5 Å². The van der Waals surface area contributed by atoms with Crippen molar-refractivity contribution in [3.63, 3.8) is 0 Å². The number of benzene rings is 4. The molecular weight excluding hydrogens is 717 g/mol. The van der Waals surface area contributed by atoms with Crippen molar-refractivity contribution in [2.24, 2.45) is 5.73 Å². The molecule has 2 atom stereocenters. The van der Waals surface area contributed by atoms with Crippen LogP contribution in [0, 0.1) is 11.6 Å². The highest BCUT2D eigenvalue weighted by molar-refractivity contribution is 5.95. The van der Waals surface area contributed by atoms with Gasteiger partial charge in [0, 0.05) is 61.4 Å². The lowest BCUT2D eigenvalue weighted by Gasteiger charge is -2.21. The molecule has 2 aliphatic heterocycles. The molecule has 0 aliphatic carbocycles. The fourth-order valence-electron chi connectivity index (χ4n) is 7.03. The molecule has 0 saturated carbocycles. The molecule has 9 rings (SSSR count). The first-order valence-electron chi connectivity index (χ1n) is 18.2. The Kier molecular flexibility index (Phi) is 10.0. The number of pyridine rings is 1. The zero-order chi connectivity index (χ0) is 38.8. The number of aromatic hydroxyl groups is 2. The van der Waals surface area contributed by atoms with Gasteiger partial charge in [0.1, 0.15) is 34.8 Å². The van der Waals surface area contributed by atoms with Crippen molar-refractivity contribution in [1.82, 2.24) is 30.2 Å². The van der Waals surface area contributed by atoms with E-state index in [0.29, 0.717) is 81.4 Å². The summed E-state index contributed by atoms with van der Waals surface area (Å²) in [6, 6.07) is 26.0. The number of halogens is 2. The molecular formula is C42H37F2N9O3. The van der Waals surface area contributed by atoms with E-state index in [0.717, 1.165) is 19.4 Å². The third-order valence-corrected chi connectivity index (χ3v) is 9.84. The molecule has 0 radical (unpaired) electrons. The minimum Gasteiger partial charge on any atom is -0.507 e. The van der Waals surface area contributed by atoms with E-state index >= 15 is 0 Å². The third-order valence-electron chi connectivity index (χ3n) is 9.84. The van der Waals surface area contributed by atoms with Crippen molar-refractivity contribution >= 4 is 39.3 Å². The van der Waals surface area contributed by atoms with Gasteiger partial charge in [-0.05, 0) is 85.6 Å². The van der Waals surface area contributed by atoms with Gasteiger partial charge in [-0.2, -0.15) is 0 Å². The second-order valence-electron chi connectivity index (χ2n) is 13.7. The van der Waals surface area contributed by atoms with Gasteiger partial charge in [-0.25, -0.2) is 28.7 Å². The molecule has 0 unspecified atom stereocenters. The highest BCUT2D eigenvalue weighted by Crippen LogP contribution is 2.35. The number of hydrogen-bond acceptors (Lipinski definition) is 11. The van der Waals surface area contributed by atoms with Crippen LogP contribution in [0.4, 0.5) is 20.4 Å². The van der Waals surface area contributed by atoms with Crippen LogP contribution in [-0.2, 0) is 0 Å². The van der Waals surface area contributed by atoms with Crippen LogP contribution in [0.25, 0.3) is 44.6 Å². The van der Waals surface area contributed by atoms with Crippen molar-refractivity contribution in [2.75, 3.05) is 36.0 Å². The summed E-state index contributed by atoms with van der Waals surface area (Å²) < 4.78 is 27.8. The van der Waals surface area contributed by atoms with Crippen LogP contribution in [0.2, 0.25) is 0 Å². The molecule has 14 heteroatoms. The van der Waals surface area contributed by atoms with E-state index in [-0.39, 0.29) is 41.1 Å². The minimum atomic E-state index is -0.377. The fourth-order valence-corrected chi connectivity index (χ4v) is 7.03. The van der Waals surface area contributed by atoms with Gasteiger partial charge in [-0.3, -0.25) is 9.78 Å². The van der Waals surface area contributed by atoms with Crippen molar-refractivity contribution in [1.29, 1.82) is 0 Å². The summed E-state index contributed by atoms with van der Waals surface area (Å²) in [5.41, 5.74) is 8.78. The zero-order valence-corrected chi connectivity index (χ0v) is 30.1. The maximum atomic E-state index is 14.1. The number of rotatable bonds is 6. The Morgan fingerprint density at radius 2 is 1.25 bits per heavy atom. The number of nitrogens with one attached hydrogen (secondary N) is 1. The second-order valence-corrected chi connectivity index (χ2v) is 13.7. The zero-order valence-electron chi connectivity index (χ0n) is 30.1. The van der Waals surface area contributed by atoms with E-state index in [2.05, 4.69) is 30.2 Å². The van der Waals surface area contributed by atoms with Gasteiger partial charge in [0.2, 0.25) is 0 Å². The molecule has 0 spiro atoms. The van der Waals surface area contributed by atoms with Crippen LogP contribution in [0.15, 0.2) is 109 Å². The molecule has 282 valence electrons. The molecule has 5 N–H and O–H groups in total. The summed E-state index contributed by atoms with van der Waals surface area (Å²) in [5, 5.41) is 24.7. The molecule has 5 heterocycles. The van der Waals surface area contributed by atoms with Crippen LogP contribution >= 0.6 is 0 Å². The summed E-state index contributed by atoms with van der Waals surface area (Å²) in [6.45, 7) is 2.60. The molecule has 2 aliphatic rings. The summed E-state index contributed by atoms with van der Waals surface area (Å²) in [6.07, 6.45) is 4.74. The highest BCUT2D eigenvalue weighted by atomic mass is 19.1. The quantitative estimate of drug-likeness (QED) is 0.152. The average molecular weight is 754 g/mol. The average Bonchev–Trinajstić information content (AvgIpc) is 3.87. The number of carbonyl (C=O) groups excluding carboxylic acids is 1. The van der Waals surface area contributed by atoms with Crippen molar-refractivity contribution in [3.05, 3.63) is 127 Å². The monoisotopic (exact) mass is 753 g/mol. The third kappa shape index (κ3) is 7.59. The number of para-hydroxylation sites is 2. The number of amides is 1. The number of hydrogen-bond donors (Lipinski definition) is 4. The van der Waals surface area contributed by atoms with Gasteiger partial charge in [0.05, 0.1) is 27.7 Å². The minimum absolute atomic E-state index is 0.0722. The van der Waals surface area contributed by atoms with Crippen LogP contribution in [0.5, 0.6) is 11.5 Å². The summed E-state index contributed by atoms with van der Waals surface area (Å²) >= 11 is 0. The number of phenols is 2. The lowest BCUT2D eigenvalue weighted by Crippen LogP contribution is -2.37. The molecule has 1 amide bonds. The van der Waals surface area contributed by atoms with Gasteiger partial charge in [0.25, 0.3) is 5.91 Å². The lowest BCUT2D eigenvalue weighted by molar-refractivity contribution is 0.0940. The number of fused-ring (bicyclic) bond motifs is 2. The highest BCUT2D eigenvalue weighted by Gasteiger charge is 2.28. The van der Waals surface area contributed by atoms with Crippen molar-refractivity contribution in [3.8, 4) is 34.3 Å². The van der Waals surface area contributed by atoms with E-state index < -0.39 is 0 Å². The van der Waals surface area contributed by atoms with Gasteiger partial charge in [0.15, 0.2) is 11.6 Å². The van der Waals surface area contributed by atoms with Gasteiger partial charge < -0.3 is 31.1 Å². The Hall–Kier alpha value is -6.80. The number of anilines is 2. The molecule has 2 saturated heterocycles. The van der Waals surface area contributed by atoms with Crippen molar-refractivity contribution < 1.29 is 23.8 Å². The number of carbonyl (C=O) groups is 1. The Morgan fingerprint density at radius 1 is 0.696 bits per heavy atom. The van der Waals surface area contributed by atoms with Crippen LogP contribution in [-0.4, -0.2) is 79.3 Å². The number of nitrogens with two attached hydrogens (primary N) is 1. The first-order chi connectivity index (χ1) is 27.2. The van der Waals surface area contributed by atoms with E-state index in [9.17, 15) is 23.8 Å². The molecule has 56 heavy (non-hydrogen) atoms. The predicted molar refractivity (Wildman–Crippen MR) is 210 cm³/mol. The second kappa shape index (κ2) is 15.5. The Morgan fingerprint density at radius 3 is 1.77 bits per heavy atom. The van der Waals surface area contributed by atoms with Gasteiger partial charge >= 0.3 is 0 Å². The SMILES string of the molecule is N[C@@H]1CCN(c2nc(-c3ccccc3O)nc3ccc(F)cc23)C1.O=C(N[C@@H]1CCN(c2nc(-c3ccccc3O)nc3ccc(F)cc23)C1)c1cccnc1. The molecule has 4 aromatic carbocycles. The summed E-state index contributed by atoms with van der Waals surface area (Å²) in [4.78, 5) is 38.9. The Bertz CT molecular complexity index is 2560. The van der Waals surface area contributed by atoms with Crippen molar-refractivity contribution in [2.45, 2.75) is 24.9 Å². The van der Waals surface area contributed by atoms with Gasteiger partial charge in [-0.15, -0.1) is 0 Å². The molecule has 0 bridgehead atoms. The molecule has 12 nitrogen and oxygen atoms in total. The molecule has 3 aromatic heterocycles. The molecule has 2 fully saturated rings. The van der Waals surface area contributed by atoms with Crippen LogP contribution < -0.4 is 20.9 Å². The largest absolute Gasteiger partial charge is 0.507 e. The molecule has 7 aromatic rings. The number of phenolic OH excluding ortho intramolecular Hbond substituents is 2. The van der Waals surface area contributed by atoms with E-state index in [1.807, 2.05) is 11.0 Å². The standard InChI is InChI=1S/C24H20FN5O2.C18H17FN4O/c25-16-7-8-20-19(12-16)23(29-22(28-20)18-5-1-2-6-21(18)31)30-11-9-17(14-30)27-24(32)15-4-3-10-26-13-15;19-11-5-6-15-14(9-11)18(23-8-7-12(20)10-23)22-17(21-15)13-3-1-2-4-16(13)24/h1-8,10,12-13,17,31H,9,11,14H2,(H,27,32);1-6,9,12,24H,7-8,10,20H2/t17-;12-/m11/s1. The first kappa shape index (κ1) is 36.2. The van der Waals surface area contributed by atoms with E-state index in [4.69, 9.17) is 10.7 Å². The fraction of sp³-hybridized carbons (Fsp3) is 0.190. The van der Waals surface area contributed by atoms with Crippen LogP contribution in [0.3, 0.4) is 0 Å². The lowest BCUT2D eigenvalue weighted by atomic mass is 10.1. The topological polar surface area (TPSA) is 167 Å². The summed E-state index contributed by atoms with van der Waals surface area (Å²) in [5.74, 6) is 1.31. The number of nitrogens with zero attached hydrogens (tertiary/aromatic N) is 7. The first-order valence-corrected chi connectivity index (χ1v) is 18.2. The summed E-state index contributed by atoms with van der Waals surface area (Å²) in [7, 11) is 0. The number of aromatic nitrogens is 5. The maximum Gasteiger partial charge on any atom is 0.253 e. The van der Waals surface area contributed by atoms with Crippen LogP contribution in [0.1, 0.15) is 23.2 Å². The van der Waals surface area contributed by atoms with E-state index in [1.54, 1.807) is 72.9 Å². The predicted octanol–water partition coefficient (Wildman–Crippen LogP) is 6.22. The maximum absolute atomic E-state index is 14.1. The van der Waals surface area contributed by atoms with Gasteiger partial charge in [-0.1, -0.05) is 24.3 Å². The normalized spacial score (nSPS) is 16.6.